The van der Waals surface area contributed by atoms with E-state index in [2.05, 4.69) is 5.32 Å². The molecule has 0 saturated carbocycles. The third-order valence-corrected chi connectivity index (χ3v) is 3.77. The van der Waals surface area contributed by atoms with Gasteiger partial charge in [0.2, 0.25) is 5.91 Å². The van der Waals surface area contributed by atoms with Gasteiger partial charge in [0, 0.05) is 31.4 Å². The molecule has 25 heavy (non-hydrogen) atoms. The Morgan fingerprint density at radius 1 is 0.960 bits per heavy atom. The number of hydrogen-bond acceptors (Lipinski definition) is 3. The highest BCUT2D eigenvalue weighted by molar-refractivity contribution is 5.92. The number of anilines is 1. The van der Waals surface area contributed by atoms with Crippen LogP contribution < -0.4 is 10.1 Å². The monoisotopic (exact) mass is 334 g/mol. The predicted octanol–water partition coefficient (Wildman–Crippen LogP) is 3.87. The second-order valence-electron chi connectivity index (χ2n) is 5.63. The summed E-state index contributed by atoms with van der Waals surface area (Å²) in [7, 11) is 1.83. The normalized spacial score (nSPS) is 10.3. The lowest BCUT2D eigenvalue weighted by Crippen LogP contribution is -2.13. The lowest BCUT2D eigenvalue weighted by Gasteiger charge is -2.09. The molecule has 0 atom stereocenters. The molecule has 0 aliphatic carbocycles. The summed E-state index contributed by atoms with van der Waals surface area (Å²) >= 11 is 0. The number of hydrogen-bond donors (Lipinski definition) is 1. The van der Waals surface area contributed by atoms with Gasteiger partial charge in [-0.15, -0.1) is 0 Å². The zero-order valence-electron chi connectivity index (χ0n) is 14.0. The Bertz CT molecular complexity index is 914. The fraction of sp³-hybridized carbons (Fsp3) is 0.100. The summed E-state index contributed by atoms with van der Waals surface area (Å²) in [5, 5.41) is 2.66. The molecule has 2 aromatic carbocycles. The summed E-state index contributed by atoms with van der Waals surface area (Å²) < 4.78 is 7.24. The third kappa shape index (κ3) is 3.77. The van der Waals surface area contributed by atoms with Crippen molar-refractivity contribution in [2.45, 2.75) is 6.92 Å². The van der Waals surface area contributed by atoms with Gasteiger partial charge in [0.05, 0.1) is 0 Å². The predicted molar refractivity (Wildman–Crippen MR) is 96.6 cm³/mol. The van der Waals surface area contributed by atoms with Crippen molar-refractivity contribution in [1.82, 2.24) is 4.57 Å². The van der Waals surface area contributed by atoms with Gasteiger partial charge in [-0.3, -0.25) is 4.79 Å². The van der Waals surface area contributed by atoms with Crippen LogP contribution in [0.4, 0.5) is 5.69 Å². The first kappa shape index (κ1) is 16.5. The molecule has 5 heteroatoms. The number of nitrogens with one attached hydrogen (secondary N) is 1. The van der Waals surface area contributed by atoms with Gasteiger partial charge >= 0.3 is 5.97 Å². The summed E-state index contributed by atoms with van der Waals surface area (Å²) in [4.78, 5) is 23.6. The van der Waals surface area contributed by atoms with E-state index in [1.165, 1.54) is 6.92 Å². The van der Waals surface area contributed by atoms with Gasteiger partial charge < -0.3 is 14.6 Å². The smallest absolute Gasteiger partial charge is 0.360 e. The van der Waals surface area contributed by atoms with Crippen LogP contribution in [0.2, 0.25) is 0 Å². The van der Waals surface area contributed by atoms with E-state index in [9.17, 15) is 9.59 Å². The highest BCUT2D eigenvalue weighted by Gasteiger charge is 2.16. The molecule has 0 aliphatic heterocycles. The van der Waals surface area contributed by atoms with Crippen molar-refractivity contribution in [3.8, 4) is 17.0 Å². The van der Waals surface area contributed by atoms with Crippen molar-refractivity contribution >= 4 is 17.6 Å². The SMILES string of the molecule is CC(=O)Nc1cccc(OC(=O)c2ccc(-c3ccccc3)n2C)c1. The van der Waals surface area contributed by atoms with Gasteiger partial charge in [-0.25, -0.2) is 4.79 Å². The zero-order valence-corrected chi connectivity index (χ0v) is 14.0. The van der Waals surface area contributed by atoms with Crippen LogP contribution in [-0.4, -0.2) is 16.4 Å². The van der Waals surface area contributed by atoms with Crippen LogP contribution in [0.15, 0.2) is 66.7 Å². The number of nitrogens with zero attached hydrogens (tertiary/aromatic N) is 1. The molecule has 0 aliphatic rings. The van der Waals surface area contributed by atoms with E-state index < -0.39 is 5.97 Å². The Labute approximate surface area is 145 Å². The first-order valence-electron chi connectivity index (χ1n) is 7.85. The summed E-state index contributed by atoms with van der Waals surface area (Å²) in [6.45, 7) is 1.42. The third-order valence-electron chi connectivity index (χ3n) is 3.77. The first-order valence-corrected chi connectivity index (χ1v) is 7.85. The molecule has 1 heterocycles. The molecule has 0 unspecified atom stereocenters. The molecular formula is C20H18N2O3. The van der Waals surface area contributed by atoms with Crippen LogP contribution in [0.25, 0.3) is 11.3 Å². The van der Waals surface area contributed by atoms with E-state index in [1.54, 1.807) is 34.9 Å². The van der Waals surface area contributed by atoms with Gasteiger partial charge in [-0.1, -0.05) is 36.4 Å². The number of carbonyl (C=O) groups excluding carboxylic acids is 2. The van der Waals surface area contributed by atoms with Crippen molar-refractivity contribution in [2.75, 3.05) is 5.32 Å². The average molecular weight is 334 g/mol. The highest BCUT2D eigenvalue weighted by atomic mass is 16.5. The van der Waals surface area contributed by atoms with Crippen molar-refractivity contribution in [3.63, 3.8) is 0 Å². The number of benzene rings is 2. The Hall–Kier alpha value is -3.34. The molecule has 0 saturated heterocycles. The Balaban J connectivity index is 1.81. The van der Waals surface area contributed by atoms with Gasteiger partial charge in [0.15, 0.2) is 0 Å². The number of carbonyl (C=O) groups is 2. The van der Waals surface area contributed by atoms with E-state index in [0.717, 1.165) is 11.3 Å². The van der Waals surface area contributed by atoms with Crippen LogP contribution in [0.3, 0.4) is 0 Å². The Morgan fingerprint density at radius 2 is 1.72 bits per heavy atom. The van der Waals surface area contributed by atoms with E-state index in [1.807, 2.05) is 43.4 Å². The van der Waals surface area contributed by atoms with Gasteiger partial charge in [0.1, 0.15) is 11.4 Å². The summed E-state index contributed by atoms with van der Waals surface area (Å²) in [5.41, 5.74) is 2.98. The van der Waals surface area contributed by atoms with Crippen LogP contribution in [-0.2, 0) is 11.8 Å². The average Bonchev–Trinajstić information content (AvgIpc) is 2.97. The Kier molecular flexibility index (Phi) is 4.66. The zero-order chi connectivity index (χ0) is 17.8. The molecule has 1 amide bonds. The second-order valence-corrected chi connectivity index (χ2v) is 5.63. The van der Waals surface area contributed by atoms with Gasteiger partial charge in [-0.05, 0) is 29.8 Å². The molecule has 126 valence electrons. The molecule has 1 N–H and O–H groups in total. The summed E-state index contributed by atoms with van der Waals surface area (Å²) in [6.07, 6.45) is 0. The molecule has 0 radical (unpaired) electrons. The van der Waals surface area contributed by atoms with E-state index >= 15 is 0 Å². The lowest BCUT2D eigenvalue weighted by molar-refractivity contribution is -0.114. The summed E-state index contributed by atoms with van der Waals surface area (Å²) in [6, 6.07) is 20.2. The van der Waals surface area contributed by atoms with Gasteiger partial charge in [-0.2, -0.15) is 0 Å². The number of aromatic nitrogens is 1. The van der Waals surface area contributed by atoms with E-state index in [4.69, 9.17) is 4.74 Å². The fourth-order valence-corrected chi connectivity index (χ4v) is 2.61. The molecule has 3 rings (SSSR count). The first-order chi connectivity index (χ1) is 12.0. The largest absolute Gasteiger partial charge is 0.422 e. The molecule has 3 aromatic rings. The Morgan fingerprint density at radius 3 is 2.44 bits per heavy atom. The lowest BCUT2D eigenvalue weighted by atomic mass is 10.2. The molecule has 0 fully saturated rings. The van der Waals surface area contributed by atoms with Crippen LogP contribution in [0.1, 0.15) is 17.4 Å². The number of esters is 1. The molecule has 5 nitrogen and oxygen atoms in total. The summed E-state index contributed by atoms with van der Waals surface area (Å²) in [5.74, 6) is -0.262. The maximum Gasteiger partial charge on any atom is 0.360 e. The number of rotatable bonds is 4. The molecule has 1 aromatic heterocycles. The molecule has 0 spiro atoms. The number of amides is 1. The maximum absolute atomic E-state index is 12.5. The quantitative estimate of drug-likeness (QED) is 0.582. The minimum atomic E-state index is -0.454. The molecule has 0 bridgehead atoms. The molecular weight excluding hydrogens is 316 g/mol. The standard InChI is InChI=1S/C20H18N2O3/c1-14(23)21-16-9-6-10-17(13-16)25-20(24)19-12-11-18(22(19)2)15-7-4-3-5-8-15/h3-13H,1-2H3,(H,21,23). The van der Waals surface area contributed by atoms with Crippen molar-refractivity contribution < 1.29 is 14.3 Å². The van der Waals surface area contributed by atoms with Crippen LogP contribution in [0, 0.1) is 0 Å². The van der Waals surface area contributed by atoms with E-state index in [-0.39, 0.29) is 5.91 Å². The number of ether oxygens (including phenoxy) is 1. The second kappa shape index (κ2) is 7.05. The van der Waals surface area contributed by atoms with Gasteiger partial charge in [0.25, 0.3) is 0 Å². The van der Waals surface area contributed by atoms with Crippen molar-refractivity contribution in [3.05, 3.63) is 72.4 Å². The fourth-order valence-electron chi connectivity index (χ4n) is 2.61. The van der Waals surface area contributed by atoms with Crippen molar-refractivity contribution in [1.29, 1.82) is 0 Å². The minimum absolute atomic E-state index is 0.182. The van der Waals surface area contributed by atoms with E-state index in [0.29, 0.717) is 17.1 Å². The highest BCUT2D eigenvalue weighted by Crippen LogP contribution is 2.23. The van der Waals surface area contributed by atoms with Crippen LogP contribution >= 0.6 is 0 Å². The maximum atomic E-state index is 12.5. The topological polar surface area (TPSA) is 60.3 Å². The minimum Gasteiger partial charge on any atom is -0.422 e. The van der Waals surface area contributed by atoms with Crippen molar-refractivity contribution in [2.24, 2.45) is 7.05 Å². The van der Waals surface area contributed by atoms with Crippen LogP contribution in [0.5, 0.6) is 5.75 Å².